The zero-order valence-corrected chi connectivity index (χ0v) is 14.9. The van der Waals surface area contributed by atoms with Gasteiger partial charge in [-0.25, -0.2) is 9.67 Å². The van der Waals surface area contributed by atoms with E-state index in [9.17, 15) is 13.2 Å². The first-order valence-electron chi connectivity index (χ1n) is 8.29. The summed E-state index contributed by atoms with van der Waals surface area (Å²) in [5.74, 6) is 0.157. The molecule has 2 heterocycles. The van der Waals surface area contributed by atoms with Gasteiger partial charge >= 0.3 is 6.18 Å². The zero-order valence-electron chi connectivity index (χ0n) is 14.9. The lowest BCUT2D eigenvalue weighted by Crippen LogP contribution is -2.18. The van der Waals surface area contributed by atoms with Gasteiger partial charge in [-0.1, -0.05) is 12.1 Å². The van der Waals surface area contributed by atoms with E-state index in [0.717, 1.165) is 17.3 Å². The van der Waals surface area contributed by atoms with E-state index in [2.05, 4.69) is 20.4 Å². The van der Waals surface area contributed by atoms with Crippen LogP contribution in [-0.2, 0) is 12.6 Å². The Bertz CT molecular complexity index is 873. The van der Waals surface area contributed by atoms with Gasteiger partial charge in [-0.15, -0.1) is 0 Å². The van der Waals surface area contributed by atoms with Crippen LogP contribution in [0.1, 0.15) is 11.3 Å². The average Bonchev–Trinajstić information content (AvgIpc) is 3.16. The molecule has 0 atom stereocenters. The van der Waals surface area contributed by atoms with Crippen molar-refractivity contribution in [3.05, 3.63) is 60.0 Å². The van der Waals surface area contributed by atoms with Crippen molar-refractivity contribution in [3.63, 3.8) is 0 Å². The third-order valence-corrected chi connectivity index (χ3v) is 3.86. The Labute approximate surface area is 154 Å². The maximum absolute atomic E-state index is 13.0. The minimum Gasteiger partial charge on any atom is -0.363 e. The van der Waals surface area contributed by atoms with Crippen molar-refractivity contribution in [2.24, 2.45) is 0 Å². The number of hydrogen-bond acceptors (Lipinski definition) is 5. The molecule has 3 rings (SSSR count). The largest absolute Gasteiger partial charge is 0.433 e. The second-order valence-electron chi connectivity index (χ2n) is 6.12. The van der Waals surface area contributed by atoms with Crippen LogP contribution in [0.3, 0.4) is 0 Å². The summed E-state index contributed by atoms with van der Waals surface area (Å²) in [5.41, 5.74) is 1.01. The fraction of sp³-hybridized carbons (Fsp3) is 0.278. The number of halogens is 3. The minimum absolute atomic E-state index is 0.0401. The van der Waals surface area contributed by atoms with Gasteiger partial charge in [-0.3, -0.25) is 0 Å². The van der Waals surface area contributed by atoms with Gasteiger partial charge in [0.25, 0.3) is 0 Å². The maximum Gasteiger partial charge on any atom is 0.433 e. The van der Waals surface area contributed by atoms with Crippen LogP contribution < -0.4 is 10.2 Å². The van der Waals surface area contributed by atoms with Crippen LogP contribution in [0.5, 0.6) is 0 Å². The number of nitrogens with zero attached hydrogens (tertiary/aromatic N) is 5. The van der Waals surface area contributed by atoms with Gasteiger partial charge in [0.15, 0.2) is 5.69 Å². The van der Waals surface area contributed by atoms with E-state index in [1.165, 1.54) is 4.90 Å². The van der Waals surface area contributed by atoms with Crippen LogP contribution in [-0.4, -0.2) is 40.4 Å². The molecule has 1 aromatic carbocycles. The monoisotopic (exact) mass is 376 g/mol. The molecular formula is C18H19F3N6. The second-order valence-corrected chi connectivity index (χ2v) is 6.12. The first-order valence-corrected chi connectivity index (χ1v) is 8.29. The Hall–Kier alpha value is -3.10. The van der Waals surface area contributed by atoms with E-state index in [4.69, 9.17) is 0 Å². The molecule has 0 bridgehead atoms. The minimum atomic E-state index is -4.52. The van der Waals surface area contributed by atoms with Gasteiger partial charge in [0.1, 0.15) is 5.82 Å². The third-order valence-electron chi connectivity index (χ3n) is 3.86. The molecule has 0 aliphatic heterocycles. The van der Waals surface area contributed by atoms with E-state index in [1.54, 1.807) is 25.0 Å². The zero-order chi connectivity index (χ0) is 19.4. The van der Waals surface area contributed by atoms with Crippen molar-refractivity contribution >= 4 is 11.8 Å². The maximum atomic E-state index is 13.0. The normalized spacial score (nSPS) is 11.4. The van der Waals surface area contributed by atoms with Crippen LogP contribution in [0.4, 0.5) is 24.9 Å². The second kappa shape index (κ2) is 7.65. The van der Waals surface area contributed by atoms with Gasteiger partial charge in [0.2, 0.25) is 5.95 Å². The first kappa shape index (κ1) is 18.7. The number of aromatic nitrogens is 4. The molecule has 0 fully saturated rings. The molecule has 0 aliphatic carbocycles. The van der Waals surface area contributed by atoms with Gasteiger partial charge in [-0.05, 0) is 30.2 Å². The smallest absolute Gasteiger partial charge is 0.363 e. The molecule has 3 aromatic rings. The summed E-state index contributed by atoms with van der Waals surface area (Å²) in [7, 11) is 3.26. The fourth-order valence-electron chi connectivity index (χ4n) is 2.44. The quantitative estimate of drug-likeness (QED) is 0.715. The number of anilines is 2. The predicted octanol–water partition coefficient (Wildman–Crippen LogP) is 3.40. The highest BCUT2D eigenvalue weighted by Crippen LogP contribution is 2.30. The van der Waals surface area contributed by atoms with Crippen LogP contribution in [0.15, 0.2) is 48.8 Å². The molecule has 0 saturated heterocycles. The van der Waals surface area contributed by atoms with Crippen LogP contribution in [0, 0.1) is 0 Å². The highest BCUT2D eigenvalue weighted by molar-refractivity contribution is 5.44. The molecule has 0 spiro atoms. The highest BCUT2D eigenvalue weighted by Gasteiger charge is 2.33. The lowest BCUT2D eigenvalue weighted by Gasteiger charge is -2.16. The lowest BCUT2D eigenvalue weighted by molar-refractivity contribution is -0.141. The summed E-state index contributed by atoms with van der Waals surface area (Å²) in [5, 5.41) is 7.04. The van der Waals surface area contributed by atoms with Crippen molar-refractivity contribution in [2.75, 3.05) is 30.9 Å². The summed E-state index contributed by atoms with van der Waals surface area (Å²) < 4.78 is 40.8. The van der Waals surface area contributed by atoms with Crippen molar-refractivity contribution in [3.8, 4) is 5.69 Å². The van der Waals surface area contributed by atoms with Crippen LogP contribution >= 0.6 is 0 Å². The molecule has 0 saturated carbocycles. The van der Waals surface area contributed by atoms with Crippen molar-refractivity contribution in [1.82, 2.24) is 19.7 Å². The number of hydrogen-bond donors (Lipinski definition) is 1. The number of nitrogens with one attached hydrogen (secondary N) is 1. The summed E-state index contributed by atoms with van der Waals surface area (Å²) in [6.07, 6.45) is -0.346. The SMILES string of the molecule is CN(C)c1cc(C(F)(F)F)nc(NCCc2ccc(-n3cccn3)cc2)n1. The number of rotatable bonds is 6. The molecule has 142 valence electrons. The van der Waals surface area contributed by atoms with E-state index < -0.39 is 11.9 Å². The Morgan fingerprint density at radius 1 is 1.11 bits per heavy atom. The van der Waals surface area contributed by atoms with E-state index >= 15 is 0 Å². The standard InChI is InChI=1S/C18H19F3N6/c1-26(2)16-12-15(18(19,20)21)24-17(25-16)22-10-8-13-4-6-14(7-5-13)27-11-3-9-23-27/h3-7,9,11-12H,8,10H2,1-2H3,(H,22,24,25). The van der Waals surface area contributed by atoms with Crippen molar-refractivity contribution in [2.45, 2.75) is 12.6 Å². The summed E-state index contributed by atoms with van der Waals surface area (Å²) >= 11 is 0. The average molecular weight is 376 g/mol. The Kier molecular flexibility index (Phi) is 5.29. The highest BCUT2D eigenvalue weighted by atomic mass is 19.4. The Morgan fingerprint density at radius 2 is 1.85 bits per heavy atom. The molecule has 0 amide bonds. The predicted molar refractivity (Wildman–Crippen MR) is 97.1 cm³/mol. The molecule has 6 nitrogen and oxygen atoms in total. The number of benzene rings is 1. The van der Waals surface area contributed by atoms with E-state index in [1.807, 2.05) is 36.5 Å². The molecule has 0 unspecified atom stereocenters. The van der Waals surface area contributed by atoms with Crippen molar-refractivity contribution in [1.29, 1.82) is 0 Å². The Balaban J connectivity index is 1.65. The van der Waals surface area contributed by atoms with E-state index in [-0.39, 0.29) is 11.8 Å². The topological polar surface area (TPSA) is 58.9 Å². The van der Waals surface area contributed by atoms with E-state index in [0.29, 0.717) is 13.0 Å². The molecule has 1 N–H and O–H groups in total. The summed E-state index contributed by atoms with van der Waals surface area (Å²) in [6, 6.07) is 10.6. The summed E-state index contributed by atoms with van der Waals surface area (Å²) in [6.45, 7) is 0.412. The third kappa shape index (κ3) is 4.75. The molecule has 0 aliphatic rings. The van der Waals surface area contributed by atoms with Gasteiger partial charge < -0.3 is 10.2 Å². The summed E-state index contributed by atoms with van der Waals surface area (Å²) in [4.78, 5) is 9.21. The van der Waals surface area contributed by atoms with Crippen LogP contribution in [0.2, 0.25) is 0 Å². The Morgan fingerprint density at radius 3 is 2.44 bits per heavy atom. The van der Waals surface area contributed by atoms with Gasteiger partial charge in [0, 0.05) is 39.1 Å². The molecule has 27 heavy (non-hydrogen) atoms. The van der Waals surface area contributed by atoms with Crippen molar-refractivity contribution < 1.29 is 13.2 Å². The van der Waals surface area contributed by atoms with Gasteiger partial charge in [-0.2, -0.15) is 23.3 Å². The number of alkyl halides is 3. The molecule has 2 aromatic heterocycles. The van der Waals surface area contributed by atoms with Gasteiger partial charge in [0.05, 0.1) is 5.69 Å². The molecule has 0 radical (unpaired) electrons. The first-order chi connectivity index (χ1) is 12.8. The molecule has 9 heteroatoms. The van der Waals surface area contributed by atoms with Crippen LogP contribution in [0.25, 0.3) is 5.69 Å². The fourth-order valence-corrected chi connectivity index (χ4v) is 2.44. The molecular weight excluding hydrogens is 357 g/mol. The lowest BCUT2D eigenvalue weighted by atomic mass is 10.1.